The van der Waals surface area contributed by atoms with Gasteiger partial charge < -0.3 is 5.32 Å². The molecule has 1 aromatic carbocycles. The van der Waals surface area contributed by atoms with Gasteiger partial charge in [0.2, 0.25) is 0 Å². The van der Waals surface area contributed by atoms with Crippen LogP contribution in [0.2, 0.25) is 0 Å². The Kier molecular flexibility index (Phi) is 3.19. The minimum atomic E-state index is 0.234. The van der Waals surface area contributed by atoms with Crippen LogP contribution in [0.25, 0.3) is 0 Å². The molecule has 0 radical (unpaired) electrons. The summed E-state index contributed by atoms with van der Waals surface area (Å²) in [4.78, 5) is 0. The second-order valence-electron chi connectivity index (χ2n) is 6.41. The summed E-state index contributed by atoms with van der Waals surface area (Å²) in [6.45, 7) is 5.86. The molecular weight excluding hydrogens is 218 g/mol. The first-order valence-electron chi connectivity index (χ1n) is 7.58. The Labute approximate surface area is 111 Å². The summed E-state index contributed by atoms with van der Waals surface area (Å²) < 4.78 is 0. The van der Waals surface area contributed by atoms with E-state index in [1.165, 1.54) is 44.2 Å². The average molecular weight is 243 g/mol. The van der Waals surface area contributed by atoms with Gasteiger partial charge in [-0.2, -0.15) is 0 Å². The van der Waals surface area contributed by atoms with Gasteiger partial charge in [-0.3, -0.25) is 0 Å². The highest BCUT2D eigenvalue weighted by molar-refractivity contribution is 5.32. The highest BCUT2D eigenvalue weighted by Crippen LogP contribution is 2.40. The van der Waals surface area contributed by atoms with Crippen LogP contribution in [0.4, 0.5) is 0 Å². The first kappa shape index (κ1) is 12.2. The van der Waals surface area contributed by atoms with Crippen molar-refractivity contribution in [2.45, 2.75) is 57.4 Å². The highest BCUT2D eigenvalue weighted by Gasteiger charge is 2.38. The molecule has 0 spiro atoms. The molecule has 1 nitrogen and oxygen atoms in total. The fourth-order valence-electron chi connectivity index (χ4n) is 3.63. The van der Waals surface area contributed by atoms with Crippen molar-refractivity contribution in [3.63, 3.8) is 0 Å². The van der Waals surface area contributed by atoms with Gasteiger partial charge in [-0.25, -0.2) is 0 Å². The summed E-state index contributed by atoms with van der Waals surface area (Å²) in [6.07, 6.45) is 6.81. The molecule has 3 rings (SSSR count). The summed E-state index contributed by atoms with van der Waals surface area (Å²) >= 11 is 0. The molecule has 2 fully saturated rings. The van der Waals surface area contributed by atoms with Crippen molar-refractivity contribution in [3.8, 4) is 0 Å². The predicted molar refractivity (Wildman–Crippen MR) is 76.8 cm³/mol. The molecule has 1 heterocycles. The number of nitrogens with one attached hydrogen (secondary N) is 1. The van der Waals surface area contributed by atoms with Gasteiger partial charge >= 0.3 is 0 Å². The molecule has 0 bridgehead atoms. The van der Waals surface area contributed by atoms with Crippen LogP contribution < -0.4 is 5.32 Å². The van der Waals surface area contributed by atoms with Crippen molar-refractivity contribution in [2.75, 3.05) is 6.54 Å². The number of hydrogen-bond acceptors (Lipinski definition) is 1. The van der Waals surface area contributed by atoms with E-state index in [0.29, 0.717) is 5.92 Å². The molecule has 0 amide bonds. The van der Waals surface area contributed by atoms with Crippen molar-refractivity contribution in [3.05, 3.63) is 35.4 Å². The van der Waals surface area contributed by atoms with E-state index in [9.17, 15) is 0 Å². The second kappa shape index (κ2) is 4.70. The Hall–Kier alpha value is -0.820. The lowest BCUT2D eigenvalue weighted by molar-refractivity contribution is 0.277. The van der Waals surface area contributed by atoms with Crippen molar-refractivity contribution in [1.29, 1.82) is 0 Å². The third-order valence-corrected chi connectivity index (χ3v) is 5.18. The molecule has 98 valence electrons. The molecule has 1 atom stereocenters. The van der Waals surface area contributed by atoms with Crippen molar-refractivity contribution >= 4 is 0 Å². The molecular formula is C17H25N. The van der Waals surface area contributed by atoms with Crippen LogP contribution in [-0.2, 0) is 5.54 Å². The van der Waals surface area contributed by atoms with Crippen LogP contribution in [0.3, 0.4) is 0 Å². The normalized spacial score (nSPS) is 28.6. The molecule has 0 aromatic heterocycles. The molecule has 1 saturated carbocycles. The van der Waals surface area contributed by atoms with E-state index in [2.05, 4.69) is 43.4 Å². The fraction of sp³-hybridized carbons (Fsp3) is 0.647. The topological polar surface area (TPSA) is 12.0 Å². The van der Waals surface area contributed by atoms with Gasteiger partial charge in [0.05, 0.1) is 0 Å². The van der Waals surface area contributed by atoms with Crippen molar-refractivity contribution in [2.24, 2.45) is 5.92 Å². The second-order valence-corrected chi connectivity index (χ2v) is 6.41. The van der Waals surface area contributed by atoms with Crippen molar-refractivity contribution < 1.29 is 0 Å². The van der Waals surface area contributed by atoms with E-state index in [-0.39, 0.29) is 5.54 Å². The van der Waals surface area contributed by atoms with E-state index >= 15 is 0 Å². The Morgan fingerprint density at radius 2 is 1.83 bits per heavy atom. The minimum absolute atomic E-state index is 0.234. The van der Waals surface area contributed by atoms with E-state index in [4.69, 9.17) is 0 Å². The molecule has 1 saturated heterocycles. The fourth-order valence-corrected chi connectivity index (χ4v) is 3.63. The molecule has 1 unspecified atom stereocenters. The lowest BCUT2D eigenvalue weighted by Gasteiger charge is -2.35. The molecule has 1 aromatic rings. The van der Waals surface area contributed by atoms with Crippen LogP contribution in [0, 0.1) is 5.92 Å². The largest absolute Gasteiger partial charge is 0.307 e. The zero-order valence-corrected chi connectivity index (χ0v) is 11.7. The van der Waals surface area contributed by atoms with Gasteiger partial charge in [0.15, 0.2) is 0 Å². The quantitative estimate of drug-likeness (QED) is 0.839. The number of hydrogen-bond donors (Lipinski definition) is 1. The Balaban J connectivity index is 1.86. The molecule has 1 aliphatic carbocycles. The van der Waals surface area contributed by atoms with Crippen LogP contribution in [0.15, 0.2) is 24.3 Å². The van der Waals surface area contributed by atoms with Crippen LogP contribution >= 0.6 is 0 Å². The van der Waals surface area contributed by atoms with E-state index in [1.54, 1.807) is 5.56 Å². The first-order valence-corrected chi connectivity index (χ1v) is 7.58. The third-order valence-electron chi connectivity index (χ3n) is 5.18. The number of benzene rings is 1. The SMILES string of the molecule is CC(C)C1(c2ccc(C3CCC3)cc2)CCCN1. The first-order chi connectivity index (χ1) is 8.72. The van der Waals surface area contributed by atoms with Gasteiger partial charge in [0, 0.05) is 5.54 Å². The standard InChI is InChI=1S/C17H25N/c1-13(2)17(11-4-12-18-17)16-9-7-15(8-10-16)14-5-3-6-14/h7-10,13-14,18H,3-6,11-12H2,1-2H3. The predicted octanol–water partition coefficient (Wildman–Crippen LogP) is 4.19. The molecule has 1 heteroatoms. The van der Waals surface area contributed by atoms with E-state index < -0.39 is 0 Å². The van der Waals surface area contributed by atoms with Gasteiger partial charge in [-0.1, -0.05) is 44.5 Å². The minimum Gasteiger partial charge on any atom is -0.307 e. The average Bonchev–Trinajstić information content (AvgIpc) is 2.78. The maximum atomic E-state index is 3.76. The van der Waals surface area contributed by atoms with Gasteiger partial charge in [-0.05, 0) is 55.2 Å². The molecule has 18 heavy (non-hydrogen) atoms. The van der Waals surface area contributed by atoms with Crippen molar-refractivity contribution in [1.82, 2.24) is 5.32 Å². The van der Waals surface area contributed by atoms with Gasteiger partial charge in [0.1, 0.15) is 0 Å². The third kappa shape index (κ3) is 1.89. The summed E-state index contributed by atoms with van der Waals surface area (Å²) in [5.74, 6) is 1.51. The zero-order valence-electron chi connectivity index (χ0n) is 11.7. The molecule has 1 aliphatic heterocycles. The maximum absolute atomic E-state index is 3.76. The van der Waals surface area contributed by atoms with Gasteiger partial charge in [0.25, 0.3) is 0 Å². The monoisotopic (exact) mass is 243 g/mol. The number of rotatable bonds is 3. The summed E-state index contributed by atoms with van der Waals surface area (Å²) in [5.41, 5.74) is 3.29. The summed E-state index contributed by atoms with van der Waals surface area (Å²) in [6, 6.07) is 9.52. The smallest absolute Gasteiger partial charge is 0.0458 e. The maximum Gasteiger partial charge on any atom is 0.0458 e. The van der Waals surface area contributed by atoms with E-state index in [1.807, 2.05) is 0 Å². The molecule has 1 N–H and O–H groups in total. The zero-order chi connectivity index (χ0) is 12.6. The molecule has 2 aliphatic rings. The Morgan fingerprint density at radius 3 is 2.28 bits per heavy atom. The van der Waals surface area contributed by atoms with Gasteiger partial charge in [-0.15, -0.1) is 0 Å². The van der Waals surface area contributed by atoms with Crippen LogP contribution in [0.1, 0.15) is 63.0 Å². The summed E-state index contributed by atoms with van der Waals surface area (Å²) in [7, 11) is 0. The Bertz CT molecular complexity index is 394. The lowest BCUT2D eigenvalue weighted by atomic mass is 9.76. The summed E-state index contributed by atoms with van der Waals surface area (Å²) in [5, 5.41) is 3.76. The Morgan fingerprint density at radius 1 is 1.11 bits per heavy atom. The van der Waals surface area contributed by atoms with E-state index in [0.717, 1.165) is 5.92 Å². The van der Waals surface area contributed by atoms with Crippen LogP contribution in [-0.4, -0.2) is 6.54 Å². The van der Waals surface area contributed by atoms with Crippen LogP contribution in [0.5, 0.6) is 0 Å². The highest BCUT2D eigenvalue weighted by atomic mass is 15.0. The lowest BCUT2D eigenvalue weighted by Crippen LogP contribution is -2.41.